The van der Waals surface area contributed by atoms with Crippen molar-refractivity contribution >= 4 is 28.3 Å². The van der Waals surface area contributed by atoms with Crippen LogP contribution in [-0.4, -0.2) is 69.6 Å². The van der Waals surface area contributed by atoms with E-state index in [2.05, 4.69) is 32.8 Å². The molecule has 6 rings (SSSR count). The molecule has 2 aromatic heterocycles. The smallest absolute Gasteiger partial charge is 0.267 e. The summed E-state index contributed by atoms with van der Waals surface area (Å²) in [5, 5.41) is 10.2. The van der Waals surface area contributed by atoms with E-state index in [0.717, 1.165) is 13.1 Å². The number of hydrogen-bond acceptors (Lipinski definition) is 10. The molecule has 2 N–H and O–H groups in total. The minimum absolute atomic E-state index is 0.111. The maximum Gasteiger partial charge on any atom is 0.267 e. The highest BCUT2D eigenvalue weighted by atomic mass is 16.5. The van der Waals surface area contributed by atoms with Gasteiger partial charge in [0.2, 0.25) is 0 Å². The van der Waals surface area contributed by atoms with Gasteiger partial charge in [0.25, 0.3) is 5.56 Å². The standard InChI is InChI=1S/C33H32N8O3/c34-20-26-30(35)36-22-37-31(26)40-15-14-28(40)32-38-27-13-7-9-23(29(27)33(43)41(32)24-10-4-2-5-11-24)8-3-1-6-12-25(42)21-39-16-18-44-19-17-39/h2,4-5,7,9-11,13,22,28H,1,6,12,14-19,21H2,(H2,35,36,37)/t28-/m0/s1. The van der Waals surface area contributed by atoms with Gasteiger partial charge in [-0.2, -0.15) is 5.26 Å². The number of ketones is 1. The Kier molecular flexibility index (Phi) is 8.59. The number of nitrogen functional groups attached to an aromatic ring is 1. The summed E-state index contributed by atoms with van der Waals surface area (Å²) in [5.74, 6) is 7.63. The molecule has 1 atom stereocenters. The Bertz CT molecular complexity index is 1850. The van der Waals surface area contributed by atoms with Crippen molar-refractivity contribution in [2.45, 2.75) is 31.7 Å². The predicted molar refractivity (Wildman–Crippen MR) is 166 cm³/mol. The van der Waals surface area contributed by atoms with Crippen LogP contribution in [0.4, 0.5) is 11.6 Å². The lowest BCUT2D eigenvalue weighted by molar-refractivity contribution is -0.121. The average molecular weight is 589 g/mol. The number of Topliss-reactive ketones (excluding diaryl/α,β-unsaturated/α-hetero) is 1. The number of aromatic nitrogens is 4. The fourth-order valence-electron chi connectivity index (χ4n) is 5.64. The summed E-state index contributed by atoms with van der Waals surface area (Å²) < 4.78 is 6.98. The highest BCUT2D eigenvalue weighted by molar-refractivity contribution is 5.85. The van der Waals surface area contributed by atoms with E-state index in [1.54, 1.807) is 4.57 Å². The highest BCUT2D eigenvalue weighted by Gasteiger charge is 2.37. The van der Waals surface area contributed by atoms with E-state index in [0.29, 0.717) is 85.8 Å². The quantitative estimate of drug-likeness (QED) is 0.241. The van der Waals surface area contributed by atoms with Crippen molar-refractivity contribution < 1.29 is 9.53 Å². The van der Waals surface area contributed by atoms with Gasteiger partial charge in [0.05, 0.1) is 42.4 Å². The van der Waals surface area contributed by atoms with Gasteiger partial charge in [-0.3, -0.25) is 19.1 Å². The topological polar surface area (TPSA) is 143 Å². The number of nitrogens with two attached hydrogens (primary N) is 1. The van der Waals surface area contributed by atoms with E-state index >= 15 is 0 Å². The molecular formula is C33H32N8O3. The molecule has 2 aliphatic heterocycles. The van der Waals surface area contributed by atoms with Crippen LogP contribution in [0.5, 0.6) is 0 Å². The van der Waals surface area contributed by atoms with Gasteiger partial charge < -0.3 is 15.4 Å². The number of morpholine rings is 1. The summed E-state index contributed by atoms with van der Waals surface area (Å²) in [6, 6.07) is 16.7. The maximum atomic E-state index is 14.3. The molecule has 0 bridgehead atoms. The Morgan fingerprint density at radius 2 is 1.89 bits per heavy atom. The number of fused-ring (bicyclic) bond motifs is 1. The van der Waals surface area contributed by atoms with Crippen LogP contribution in [0.2, 0.25) is 0 Å². The average Bonchev–Trinajstić information content (AvgIpc) is 3.01. The third-order valence-corrected chi connectivity index (χ3v) is 7.98. The summed E-state index contributed by atoms with van der Waals surface area (Å²) >= 11 is 0. The van der Waals surface area contributed by atoms with Crippen LogP contribution in [0.1, 0.15) is 48.7 Å². The van der Waals surface area contributed by atoms with Gasteiger partial charge in [0, 0.05) is 38.0 Å². The summed E-state index contributed by atoms with van der Waals surface area (Å²) in [6.07, 6.45) is 3.72. The van der Waals surface area contributed by atoms with Crippen LogP contribution in [0.3, 0.4) is 0 Å². The van der Waals surface area contributed by atoms with E-state index in [4.69, 9.17) is 15.5 Å². The number of ether oxygens (including phenoxy) is 1. The van der Waals surface area contributed by atoms with E-state index < -0.39 is 0 Å². The lowest BCUT2D eigenvalue weighted by Gasteiger charge is -2.42. The number of carbonyl (C=O) groups excluding carboxylic acids is 1. The second kappa shape index (κ2) is 13.0. The van der Waals surface area contributed by atoms with Gasteiger partial charge in [-0.1, -0.05) is 36.1 Å². The molecule has 11 nitrogen and oxygen atoms in total. The minimum atomic E-state index is -0.307. The normalized spacial score (nSPS) is 16.5. The summed E-state index contributed by atoms with van der Waals surface area (Å²) in [4.78, 5) is 44.1. The fourth-order valence-corrected chi connectivity index (χ4v) is 5.64. The van der Waals surface area contributed by atoms with Gasteiger partial charge in [-0.05, 0) is 37.1 Å². The van der Waals surface area contributed by atoms with Crippen LogP contribution in [0.25, 0.3) is 16.6 Å². The van der Waals surface area contributed by atoms with Crippen molar-refractivity contribution in [1.82, 2.24) is 24.4 Å². The Balaban J connectivity index is 1.30. The minimum Gasteiger partial charge on any atom is -0.382 e. The Labute approximate surface area is 254 Å². The van der Waals surface area contributed by atoms with Crippen molar-refractivity contribution in [1.29, 1.82) is 5.26 Å². The number of rotatable bonds is 8. The third kappa shape index (κ3) is 5.88. The van der Waals surface area contributed by atoms with Crippen molar-refractivity contribution in [3.63, 3.8) is 0 Å². The van der Waals surface area contributed by atoms with Crippen molar-refractivity contribution in [3.8, 4) is 23.6 Å². The Hall–Kier alpha value is -5.10. The molecule has 0 unspecified atom stereocenters. The fraction of sp³-hybridized carbons (Fsp3) is 0.333. The number of carbonyl (C=O) groups is 1. The summed E-state index contributed by atoms with van der Waals surface area (Å²) in [7, 11) is 0. The number of anilines is 2. The van der Waals surface area contributed by atoms with E-state index in [-0.39, 0.29) is 28.8 Å². The second-order valence-corrected chi connectivity index (χ2v) is 10.8. The van der Waals surface area contributed by atoms with Crippen molar-refractivity contribution in [2.75, 3.05) is 50.0 Å². The maximum absolute atomic E-state index is 14.3. The first kappa shape index (κ1) is 29.0. The van der Waals surface area contributed by atoms with Gasteiger partial charge in [-0.25, -0.2) is 15.0 Å². The summed E-state index contributed by atoms with van der Waals surface area (Å²) in [5.41, 5.74) is 7.76. The van der Waals surface area contributed by atoms with Crippen molar-refractivity contribution in [3.05, 3.63) is 82.2 Å². The van der Waals surface area contributed by atoms with Crippen LogP contribution in [0.15, 0.2) is 59.7 Å². The summed E-state index contributed by atoms with van der Waals surface area (Å²) in [6.45, 7) is 4.00. The molecule has 0 aliphatic carbocycles. The van der Waals surface area contributed by atoms with Gasteiger partial charge in [0.15, 0.2) is 5.82 Å². The molecule has 0 spiro atoms. The number of para-hydroxylation sites is 1. The molecule has 11 heteroatoms. The highest BCUT2D eigenvalue weighted by Crippen LogP contribution is 2.38. The molecule has 222 valence electrons. The zero-order valence-corrected chi connectivity index (χ0v) is 24.3. The van der Waals surface area contributed by atoms with Crippen LogP contribution < -0.4 is 16.2 Å². The lowest BCUT2D eigenvalue weighted by atomic mass is 9.99. The van der Waals surface area contributed by atoms with Gasteiger partial charge in [0.1, 0.15) is 35.4 Å². The lowest BCUT2D eigenvalue weighted by Crippen LogP contribution is -2.45. The largest absolute Gasteiger partial charge is 0.382 e. The Morgan fingerprint density at radius 3 is 2.64 bits per heavy atom. The molecule has 2 aromatic carbocycles. The molecule has 4 aromatic rings. The third-order valence-electron chi connectivity index (χ3n) is 7.98. The molecule has 44 heavy (non-hydrogen) atoms. The monoisotopic (exact) mass is 588 g/mol. The SMILES string of the molecule is N#Cc1c(N)ncnc1N1CC[C@H]1c1nc2cccc(C#CCCCC(=O)CN3CCOCC3)c2c(=O)n1-c1ccccc1. The van der Waals surface area contributed by atoms with Crippen LogP contribution in [0, 0.1) is 23.2 Å². The molecule has 0 saturated carbocycles. The van der Waals surface area contributed by atoms with Crippen molar-refractivity contribution in [2.24, 2.45) is 0 Å². The molecule has 4 heterocycles. The molecular weight excluding hydrogens is 556 g/mol. The number of benzene rings is 2. The molecule has 2 saturated heterocycles. The molecule has 2 fully saturated rings. The second-order valence-electron chi connectivity index (χ2n) is 10.8. The van der Waals surface area contributed by atoms with Crippen LogP contribution in [-0.2, 0) is 9.53 Å². The first-order valence-electron chi connectivity index (χ1n) is 14.7. The number of nitriles is 1. The number of nitrogens with zero attached hydrogens (tertiary/aromatic N) is 7. The molecule has 2 aliphatic rings. The van der Waals surface area contributed by atoms with Gasteiger partial charge in [-0.15, -0.1) is 0 Å². The first-order valence-corrected chi connectivity index (χ1v) is 14.7. The van der Waals surface area contributed by atoms with Gasteiger partial charge >= 0.3 is 0 Å². The number of unbranched alkanes of at least 4 members (excludes halogenated alkanes) is 1. The molecule has 0 radical (unpaired) electrons. The predicted octanol–water partition coefficient (Wildman–Crippen LogP) is 3.00. The molecule has 0 amide bonds. The van der Waals surface area contributed by atoms with E-state index in [1.165, 1.54) is 6.33 Å². The van der Waals surface area contributed by atoms with Crippen LogP contribution >= 0.6 is 0 Å². The number of hydrogen-bond donors (Lipinski definition) is 1. The zero-order chi connectivity index (χ0) is 30.5. The Morgan fingerprint density at radius 1 is 1.07 bits per heavy atom. The van der Waals surface area contributed by atoms with E-state index in [9.17, 15) is 14.9 Å². The van der Waals surface area contributed by atoms with E-state index in [1.807, 2.05) is 53.4 Å². The first-order chi connectivity index (χ1) is 21.5. The zero-order valence-electron chi connectivity index (χ0n) is 24.3.